The average molecular weight is 396 g/mol. The molecule has 1 heterocycles. The zero-order chi connectivity index (χ0) is 21.5. The maximum absolute atomic E-state index is 12.9. The number of aromatic nitrogens is 2. The molecule has 1 aromatic rings. The van der Waals surface area contributed by atoms with E-state index in [0.29, 0.717) is 11.3 Å². The lowest BCUT2D eigenvalue weighted by Crippen LogP contribution is -2.49. The number of hydrogen-bond acceptors (Lipinski definition) is 5. The van der Waals surface area contributed by atoms with Gasteiger partial charge in [0.05, 0.1) is 11.3 Å². The highest BCUT2D eigenvalue weighted by atomic mass is 16.6. The van der Waals surface area contributed by atoms with Crippen molar-refractivity contribution in [1.82, 2.24) is 15.1 Å². The van der Waals surface area contributed by atoms with E-state index in [4.69, 9.17) is 14.6 Å². The molecule has 0 aromatic carbocycles. The minimum absolute atomic E-state index is 0.129. The first-order valence-corrected chi connectivity index (χ1v) is 9.63. The molecule has 1 fully saturated rings. The number of esters is 1. The Kier molecular flexibility index (Phi) is 8.65. The lowest BCUT2D eigenvalue weighted by Gasteiger charge is -2.31. The van der Waals surface area contributed by atoms with Crippen LogP contribution in [0.4, 0.5) is 0 Å². The number of amides is 1. The first kappa shape index (κ1) is 23.7. The molecular formula is C20H33N3O5. The molecule has 1 aliphatic rings. The quantitative estimate of drug-likeness (QED) is 0.599. The molecule has 0 radical (unpaired) electrons. The molecule has 0 bridgehead atoms. The van der Waals surface area contributed by atoms with Crippen molar-refractivity contribution in [2.75, 3.05) is 0 Å². The second-order valence-electron chi connectivity index (χ2n) is 8.16. The lowest BCUT2D eigenvalue weighted by molar-refractivity contribution is -0.159. The molecule has 28 heavy (non-hydrogen) atoms. The predicted octanol–water partition coefficient (Wildman–Crippen LogP) is 2.76. The van der Waals surface area contributed by atoms with Gasteiger partial charge >= 0.3 is 5.97 Å². The zero-order valence-electron chi connectivity index (χ0n) is 17.7. The summed E-state index contributed by atoms with van der Waals surface area (Å²) in [5.74, 6) is -0.457. The fourth-order valence-corrected chi connectivity index (χ4v) is 3.52. The summed E-state index contributed by atoms with van der Waals surface area (Å²) in [7, 11) is 1.81. The maximum Gasteiger partial charge on any atom is 0.329 e. The number of ether oxygens (including phenoxy) is 1. The molecule has 1 amide bonds. The van der Waals surface area contributed by atoms with Crippen LogP contribution in [0, 0.1) is 19.8 Å². The Bertz CT molecular complexity index is 685. The van der Waals surface area contributed by atoms with Crippen LogP contribution in [0.15, 0.2) is 0 Å². The maximum atomic E-state index is 12.9. The van der Waals surface area contributed by atoms with Crippen LogP contribution in [-0.4, -0.2) is 44.9 Å². The average Bonchev–Trinajstić information content (AvgIpc) is 2.84. The standard InChI is InChI=1S/C19H31N3O3.CH2O2/c1-12-15(13(2)22(6)21-12)17(23)20-16(14-10-8-7-9-11-14)18(24)25-19(3,4)5;2-1-3/h14,16H,7-11H2,1-6H3,(H,20,23);1H,(H,2,3)/t16-;/m0./s1. The van der Waals surface area contributed by atoms with Crippen molar-refractivity contribution in [3.8, 4) is 0 Å². The van der Waals surface area contributed by atoms with Gasteiger partial charge in [-0.05, 0) is 53.4 Å². The topological polar surface area (TPSA) is 111 Å². The molecule has 2 rings (SSSR count). The molecule has 8 nitrogen and oxygen atoms in total. The number of hydrogen-bond donors (Lipinski definition) is 2. The van der Waals surface area contributed by atoms with Gasteiger partial charge in [-0.2, -0.15) is 5.10 Å². The van der Waals surface area contributed by atoms with Crippen molar-refractivity contribution in [1.29, 1.82) is 0 Å². The first-order valence-electron chi connectivity index (χ1n) is 9.63. The Morgan fingerprint density at radius 2 is 1.79 bits per heavy atom. The highest BCUT2D eigenvalue weighted by Crippen LogP contribution is 2.28. The fourth-order valence-electron chi connectivity index (χ4n) is 3.52. The van der Waals surface area contributed by atoms with E-state index in [-0.39, 0.29) is 24.3 Å². The monoisotopic (exact) mass is 395 g/mol. The summed E-state index contributed by atoms with van der Waals surface area (Å²) in [6, 6.07) is -0.606. The Balaban J connectivity index is 0.00000122. The van der Waals surface area contributed by atoms with E-state index in [1.54, 1.807) is 4.68 Å². The van der Waals surface area contributed by atoms with Crippen molar-refractivity contribution in [2.24, 2.45) is 13.0 Å². The van der Waals surface area contributed by atoms with Crippen LogP contribution in [0.25, 0.3) is 0 Å². The third-order valence-electron chi connectivity index (χ3n) is 4.80. The molecule has 0 unspecified atom stereocenters. The van der Waals surface area contributed by atoms with Gasteiger partial charge in [0.25, 0.3) is 12.4 Å². The van der Waals surface area contributed by atoms with E-state index in [9.17, 15) is 9.59 Å². The summed E-state index contributed by atoms with van der Waals surface area (Å²) in [6.45, 7) is 8.96. The molecule has 8 heteroatoms. The molecule has 2 N–H and O–H groups in total. The van der Waals surface area contributed by atoms with Crippen LogP contribution in [0.2, 0.25) is 0 Å². The van der Waals surface area contributed by atoms with Gasteiger partial charge < -0.3 is 15.2 Å². The molecule has 1 aromatic heterocycles. The van der Waals surface area contributed by atoms with Crippen molar-refractivity contribution in [2.45, 2.75) is 78.4 Å². The summed E-state index contributed by atoms with van der Waals surface area (Å²) in [5, 5.41) is 14.1. The van der Waals surface area contributed by atoms with E-state index < -0.39 is 11.6 Å². The molecule has 0 saturated heterocycles. The molecule has 158 valence electrons. The van der Waals surface area contributed by atoms with Crippen molar-refractivity contribution in [3.05, 3.63) is 17.0 Å². The summed E-state index contributed by atoms with van der Waals surface area (Å²) in [6.07, 6.45) is 5.24. The van der Waals surface area contributed by atoms with Crippen LogP contribution < -0.4 is 5.32 Å². The normalized spacial score (nSPS) is 15.8. The second-order valence-corrected chi connectivity index (χ2v) is 8.16. The van der Waals surface area contributed by atoms with E-state index in [0.717, 1.165) is 31.4 Å². The van der Waals surface area contributed by atoms with Crippen molar-refractivity contribution >= 4 is 18.3 Å². The third kappa shape index (κ3) is 6.65. The van der Waals surface area contributed by atoms with Gasteiger partial charge in [-0.3, -0.25) is 14.3 Å². The third-order valence-corrected chi connectivity index (χ3v) is 4.80. The number of carboxylic acid groups (broad SMARTS) is 1. The van der Waals surface area contributed by atoms with Crippen LogP contribution in [0.5, 0.6) is 0 Å². The number of rotatable bonds is 4. The van der Waals surface area contributed by atoms with Gasteiger partial charge in [0.1, 0.15) is 11.6 Å². The van der Waals surface area contributed by atoms with E-state index >= 15 is 0 Å². The van der Waals surface area contributed by atoms with Crippen LogP contribution in [-0.2, 0) is 21.4 Å². The van der Waals surface area contributed by atoms with Gasteiger partial charge in [-0.25, -0.2) is 4.79 Å². The summed E-state index contributed by atoms with van der Waals surface area (Å²) >= 11 is 0. The number of nitrogens with one attached hydrogen (secondary N) is 1. The Morgan fingerprint density at radius 3 is 2.21 bits per heavy atom. The number of carbonyl (C=O) groups is 3. The molecule has 0 spiro atoms. The van der Waals surface area contributed by atoms with Crippen LogP contribution in [0.3, 0.4) is 0 Å². The summed E-state index contributed by atoms with van der Waals surface area (Å²) in [5.41, 5.74) is 1.44. The highest BCUT2D eigenvalue weighted by molar-refractivity contribution is 5.98. The molecular weight excluding hydrogens is 362 g/mol. The smallest absolute Gasteiger partial charge is 0.329 e. The largest absolute Gasteiger partial charge is 0.483 e. The number of aryl methyl sites for hydroxylation is 2. The lowest BCUT2D eigenvalue weighted by atomic mass is 9.83. The van der Waals surface area contributed by atoms with Crippen molar-refractivity contribution in [3.63, 3.8) is 0 Å². The molecule has 1 atom stereocenters. The van der Waals surface area contributed by atoms with Gasteiger partial charge in [-0.1, -0.05) is 19.3 Å². The van der Waals surface area contributed by atoms with Crippen molar-refractivity contribution < 1.29 is 24.2 Å². The predicted molar refractivity (Wildman–Crippen MR) is 105 cm³/mol. The van der Waals surface area contributed by atoms with Gasteiger partial charge in [0, 0.05) is 12.7 Å². The Morgan fingerprint density at radius 1 is 1.25 bits per heavy atom. The fraction of sp³-hybridized carbons (Fsp3) is 0.700. The van der Waals surface area contributed by atoms with E-state index in [1.165, 1.54) is 6.42 Å². The minimum atomic E-state index is -0.606. The zero-order valence-corrected chi connectivity index (χ0v) is 17.7. The Hall–Kier alpha value is -2.38. The van der Waals surface area contributed by atoms with Gasteiger partial charge in [0.2, 0.25) is 0 Å². The second kappa shape index (κ2) is 10.2. The van der Waals surface area contributed by atoms with Gasteiger partial charge in [-0.15, -0.1) is 0 Å². The molecule has 1 aliphatic carbocycles. The number of nitrogens with zero attached hydrogens (tertiary/aromatic N) is 2. The first-order chi connectivity index (χ1) is 13.0. The van der Waals surface area contributed by atoms with E-state index in [2.05, 4.69) is 10.4 Å². The minimum Gasteiger partial charge on any atom is -0.483 e. The summed E-state index contributed by atoms with van der Waals surface area (Å²) in [4.78, 5) is 34.0. The van der Waals surface area contributed by atoms with Crippen LogP contribution >= 0.6 is 0 Å². The SMILES string of the molecule is Cc1nn(C)c(C)c1C(=O)N[C@H](C(=O)OC(C)(C)C)C1CCCCC1.O=CO. The Labute approximate surface area is 166 Å². The number of carbonyl (C=O) groups excluding carboxylic acids is 2. The molecule has 0 aliphatic heterocycles. The highest BCUT2D eigenvalue weighted by Gasteiger charge is 2.35. The van der Waals surface area contributed by atoms with Gasteiger partial charge in [0.15, 0.2) is 0 Å². The summed E-state index contributed by atoms with van der Waals surface area (Å²) < 4.78 is 7.27. The van der Waals surface area contributed by atoms with E-state index in [1.807, 2.05) is 41.7 Å². The van der Waals surface area contributed by atoms with Crippen LogP contribution in [0.1, 0.15) is 74.6 Å². The molecule has 1 saturated carbocycles.